The summed E-state index contributed by atoms with van der Waals surface area (Å²) >= 11 is 0. The summed E-state index contributed by atoms with van der Waals surface area (Å²) in [4.78, 5) is 0. The molecule has 0 saturated carbocycles. The van der Waals surface area contributed by atoms with Crippen molar-refractivity contribution in [2.75, 3.05) is 13.1 Å². The van der Waals surface area contributed by atoms with Gasteiger partial charge in [0.2, 0.25) is 0 Å². The molecule has 0 bridgehead atoms. The van der Waals surface area contributed by atoms with E-state index in [1.807, 2.05) is 11.7 Å². The van der Waals surface area contributed by atoms with Crippen LogP contribution in [0.2, 0.25) is 0 Å². The Hall–Kier alpha value is -1.61. The van der Waals surface area contributed by atoms with Crippen LogP contribution in [0.3, 0.4) is 0 Å². The van der Waals surface area contributed by atoms with Crippen LogP contribution >= 0.6 is 0 Å². The third-order valence-corrected chi connectivity index (χ3v) is 4.38. The topological polar surface area (TPSA) is 29.9 Å². The van der Waals surface area contributed by atoms with Gasteiger partial charge in [-0.1, -0.05) is 37.3 Å². The highest BCUT2D eigenvalue weighted by Gasteiger charge is 2.30. The minimum atomic E-state index is 0.555. The highest BCUT2D eigenvalue weighted by molar-refractivity contribution is 5.31. The molecule has 1 aromatic heterocycles. The summed E-state index contributed by atoms with van der Waals surface area (Å²) < 4.78 is 1.97. The van der Waals surface area contributed by atoms with Crippen molar-refractivity contribution >= 4 is 0 Å². The van der Waals surface area contributed by atoms with Crippen LogP contribution in [0.4, 0.5) is 0 Å². The first-order chi connectivity index (χ1) is 9.79. The van der Waals surface area contributed by atoms with E-state index in [0.717, 1.165) is 19.5 Å². The Morgan fingerprint density at radius 3 is 2.80 bits per heavy atom. The SMILES string of the molecule is CCc1nn(C)cc1C1CCNCC1c1ccccc1. The lowest BCUT2D eigenvalue weighted by molar-refractivity contribution is 0.402. The monoisotopic (exact) mass is 269 g/mol. The van der Waals surface area contributed by atoms with E-state index in [2.05, 4.69) is 53.9 Å². The molecule has 0 aliphatic carbocycles. The molecule has 1 saturated heterocycles. The lowest BCUT2D eigenvalue weighted by atomic mass is 9.77. The molecule has 1 aromatic carbocycles. The van der Waals surface area contributed by atoms with Crippen LogP contribution < -0.4 is 5.32 Å². The van der Waals surface area contributed by atoms with Crippen molar-refractivity contribution < 1.29 is 0 Å². The zero-order valence-corrected chi connectivity index (χ0v) is 12.3. The van der Waals surface area contributed by atoms with Crippen molar-refractivity contribution in [1.29, 1.82) is 0 Å². The predicted molar refractivity (Wildman–Crippen MR) is 82.0 cm³/mol. The van der Waals surface area contributed by atoms with Crippen LogP contribution in [-0.4, -0.2) is 22.9 Å². The molecule has 1 fully saturated rings. The Morgan fingerprint density at radius 2 is 2.05 bits per heavy atom. The number of nitrogens with zero attached hydrogens (tertiary/aromatic N) is 2. The molecule has 0 spiro atoms. The number of rotatable bonds is 3. The molecule has 3 nitrogen and oxygen atoms in total. The maximum absolute atomic E-state index is 4.63. The average Bonchev–Trinajstić information content (AvgIpc) is 2.89. The summed E-state index contributed by atoms with van der Waals surface area (Å²) in [5, 5.41) is 8.18. The van der Waals surface area contributed by atoms with Crippen molar-refractivity contribution in [3.05, 3.63) is 53.3 Å². The second-order valence-electron chi connectivity index (χ2n) is 5.67. The van der Waals surface area contributed by atoms with E-state index in [1.165, 1.54) is 23.2 Å². The quantitative estimate of drug-likeness (QED) is 0.928. The summed E-state index contributed by atoms with van der Waals surface area (Å²) in [7, 11) is 2.03. The van der Waals surface area contributed by atoms with E-state index >= 15 is 0 Å². The maximum Gasteiger partial charge on any atom is 0.0656 e. The average molecular weight is 269 g/mol. The highest BCUT2D eigenvalue weighted by atomic mass is 15.3. The summed E-state index contributed by atoms with van der Waals surface area (Å²) in [6, 6.07) is 10.9. The Bertz CT molecular complexity index is 559. The molecule has 3 heteroatoms. The van der Waals surface area contributed by atoms with Crippen LogP contribution in [0, 0.1) is 0 Å². The minimum absolute atomic E-state index is 0.555. The zero-order chi connectivity index (χ0) is 13.9. The van der Waals surface area contributed by atoms with Gasteiger partial charge >= 0.3 is 0 Å². The summed E-state index contributed by atoms with van der Waals surface area (Å²) in [5.74, 6) is 1.14. The van der Waals surface area contributed by atoms with Gasteiger partial charge in [0.25, 0.3) is 0 Å². The molecule has 0 radical (unpaired) electrons. The van der Waals surface area contributed by atoms with Gasteiger partial charge in [-0.3, -0.25) is 4.68 Å². The Balaban J connectivity index is 1.96. The van der Waals surface area contributed by atoms with E-state index in [-0.39, 0.29) is 0 Å². The number of hydrogen-bond acceptors (Lipinski definition) is 2. The number of piperidine rings is 1. The van der Waals surface area contributed by atoms with Gasteiger partial charge in [0.15, 0.2) is 0 Å². The van der Waals surface area contributed by atoms with Crippen molar-refractivity contribution in [3.63, 3.8) is 0 Å². The van der Waals surface area contributed by atoms with Gasteiger partial charge in [0, 0.05) is 25.7 Å². The highest BCUT2D eigenvalue weighted by Crippen LogP contribution is 2.38. The standard InChI is InChI=1S/C17H23N3/c1-3-17-16(12-20(2)19-17)14-9-10-18-11-15(14)13-7-5-4-6-8-13/h4-8,12,14-15,18H,3,9-11H2,1-2H3. The summed E-state index contributed by atoms with van der Waals surface area (Å²) in [5.41, 5.74) is 4.15. The zero-order valence-electron chi connectivity index (χ0n) is 12.3. The van der Waals surface area contributed by atoms with E-state index in [0.29, 0.717) is 11.8 Å². The van der Waals surface area contributed by atoms with Gasteiger partial charge in [0.05, 0.1) is 5.69 Å². The van der Waals surface area contributed by atoms with Gasteiger partial charge < -0.3 is 5.32 Å². The number of aryl methyl sites for hydroxylation is 2. The van der Waals surface area contributed by atoms with Gasteiger partial charge in [-0.2, -0.15) is 5.10 Å². The second kappa shape index (κ2) is 5.80. The summed E-state index contributed by atoms with van der Waals surface area (Å²) in [6.07, 6.45) is 4.44. The van der Waals surface area contributed by atoms with Crippen molar-refractivity contribution in [1.82, 2.24) is 15.1 Å². The van der Waals surface area contributed by atoms with E-state index in [9.17, 15) is 0 Å². The molecule has 3 rings (SSSR count). The first-order valence-corrected chi connectivity index (χ1v) is 7.57. The Morgan fingerprint density at radius 1 is 1.25 bits per heavy atom. The smallest absolute Gasteiger partial charge is 0.0656 e. The number of nitrogens with one attached hydrogen (secondary N) is 1. The van der Waals surface area contributed by atoms with Gasteiger partial charge in [-0.05, 0) is 36.4 Å². The van der Waals surface area contributed by atoms with E-state index in [4.69, 9.17) is 0 Å². The molecule has 0 amide bonds. The molecule has 1 aliphatic heterocycles. The van der Waals surface area contributed by atoms with Crippen molar-refractivity contribution in [3.8, 4) is 0 Å². The fourth-order valence-corrected chi connectivity index (χ4v) is 3.42. The summed E-state index contributed by atoms with van der Waals surface area (Å²) in [6.45, 7) is 4.36. The van der Waals surface area contributed by atoms with Gasteiger partial charge in [-0.15, -0.1) is 0 Å². The van der Waals surface area contributed by atoms with Crippen LogP contribution in [0.25, 0.3) is 0 Å². The molecule has 2 heterocycles. The molecule has 2 aromatic rings. The first-order valence-electron chi connectivity index (χ1n) is 7.57. The molecular formula is C17H23N3. The molecular weight excluding hydrogens is 246 g/mol. The molecule has 106 valence electrons. The number of hydrogen-bond donors (Lipinski definition) is 1. The van der Waals surface area contributed by atoms with E-state index < -0.39 is 0 Å². The van der Waals surface area contributed by atoms with Gasteiger partial charge in [0.1, 0.15) is 0 Å². The van der Waals surface area contributed by atoms with Crippen LogP contribution in [-0.2, 0) is 13.5 Å². The Kier molecular flexibility index (Phi) is 3.88. The van der Waals surface area contributed by atoms with Crippen LogP contribution in [0.1, 0.15) is 42.0 Å². The number of benzene rings is 1. The third kappa shape index (κ3) is 2.50. The number of aromatic nitrogens is 2. The molecule has 2 unspecified atom stereocenters. The third-order valence-electron chi connectivity index (χ3n) is 4.38. The molecule has 2 atom stereocenters. The molecule has 20 heavy (non-hydrogen) atoms. The molecule has 1 N–H and O–H groups in total. The fraction of sp³-hybridized carbons (Fsp3) is 0.471. The second-order valence-corrected chi connectivity index (χ2v) is 5.67. The van der Waals surface area contributed by atoms with Crippen molar-refractivity contribution in [2.24, 2.45) is 7.05 Å². The molecule has 1 aliphatic rings. The van der Waals surface area contributed by atoms with Crippen LogP contribution in [0.15, 0.2) is 36.5 Å². The first kappa shape index (κ1) is 13.4. The minimum Gasteiger partial charge on any atom is -0.316 e. The largest absolute Gasteiger partial charge is 0.316 e. The van der Waals surface area contributed by atoms with Gasteiger partial charge in [-0.25, -0.2) is 0 Å². The predicted octanol–water partition coefficient (Wildman–Crippen LogP) is 2.84. The Labute approximate surface area is 121 Å². The lowest BCUT2D eigenvalue weighted by Gasteiger charge is -2.32. The van der Waals surface area contributed by atoms with Crippen LogP contribution in [0.5, 0.6) is 0 Å². The maximum atomic E-state index is 4.63. The normalized spacial score (nSPS) is 22.9. The van der Waals surface area contributed by atoms with Crippen molar-refractivity contribution in [2.45, 2.75) is 31.6 Å². The fourth-order valence-electron chi connectivity index (χ4n) is 3.42. The lowest BCUT2D eigenvalue weighted by Crippen LogP contribution is -2.34. The van der Waals surface area contributed by atoms with E-state index in [1.54, 1.807) is 0 Å².